The molecule has 0 spiro atoms. The molecule has 0 bridgehead atoms. The highest BCUT2D eigenvalue weighted by Gasteiger charge is 2.15. The Morgan fingerprint density at radius 3 is 2.45 bits per heavy atom. The highest BCUT2D eigenvalue weighted by molar-refractivity contribution is 5.71. The molecule has 0 aromatic rings. The van der Waals surface area contributed by atoms with E-state index < -0.39 is 12.1 Å². The molecule has 0 amide bonds. The highest BCUT2D eigenvalue weighted by Crippen LogP contribution is 2.12. The number of aliphatic hydroxyl groups is 1. The average molecular weight is 160 g/mol. The van der Waals surface area contributed by atoms with Crippen LogP contribution in [0.15, 0.2) is 0 Å². The zero-order valence-corrected chi connectivity index (χ0v) is 7.08. The molecular weight excluding hydrogens is 144 g/mol. The van der Waals surface area contributed by atoms with Crippen molar-refractivity contribution in [3.63, 3.8) is 0 Å². The topological polar surface area (TPSA) is 57.5 Å². The second-order valence-electron chi connectivity index (χ2n) is 2.98. The maximum atomic E-state index is 10.2. The van der Waals surface area contributed by atoms with E-state index in [0.29, 0.717) is 12.3 Å². The summed E-state index contributed by atoms with van der Waals surface area (Å²) >= 11 is 0. The van der Waals surface area contributed by atoms with Gasteiger partial charge < -0.3 is 10.2 Å². The van der Waals surface area contributed by atoms with Crippen molar-refractivity contribution in [3.8, 4) is 0 Å². The quantitative estimate of drug-likeness (QED) is 0.636. The summed E-state index contributed by atoms with van der Waals surface area (Å²) in [5.41, 5.74) is 0. The van der Waals surface area contributed by atoms with Crippen molar-refractivity contribution in [2.24, 2.45) is 5.92 Å². The van der Waals surface area contributed by atoms with Crippen LogP contribution >= 0.6 is 0 Å². The van der Waals surface area contributed by atoms with Crippen LogP contribution in [0, 0.1) is 5.92 Å². The van der Waals surface area contributed by atoms with Crippen LogP contribution in [0.2, 0.25) is 0 Å². The largest absolute Gasteiger partial charge is 0.479 e. The van der Waals surface area contributed by atoms with Gasteiger partial charge in [0.05, 0.1) is 0 Å². The zero-order chi connectivity index (χ0) is 8.85. The number of aliphatic carboxylic acids is 1. The predicted molar refractivity (Wildman–Crippen MR) is 42.3 cm³/mol. The van der Waals surface area contributed by atoms with Crippen LogP contribution in [-0.2, 0) is 4.79 Å². The van der Waals surface area contributed by atoms with Gasteiger partial charge >= 0.3 is 5.97 Å². The van der Waals surface area contributed by atoms with Gasteiger partial charge in [-0.15, -0.1) is 0 Å². The smallest absolute Gasteiger partial charge is 0.332 e. The van der Waals surface area contributed by atoms with Crippen LogP contribution in [0.5, 0.6) is 0 Å². The van der Waals surface area contributed by atoms with Crippen molar-refractivity contribution in [3.05, 3.63) is 0 Å². The maximum absolute atomic E-state index is 10.2. The monoisotopic (exact) mass is 160 g/mol. The van der Waals surface area contributed by atoms with Crippen LogP contribution < -0.4 is 0 Å². The molecule has 2 N–H and O–H groups in total. The molecule has 3 nitrogen and oxygen atoms in total. The Labute approximate surface area is 67.0 Å². The van der Waals surface area contributed by atoms with Gasteiger partial charge in [0.2, 0.25) is 0 Å². The van der Waals surface area contributed by atoms with E-state index in [0.717, 1.165) is 12.8 Å². The minimum atomic E-state index is -1.18. The molecule has 0 aromatic heterocycles. The molecule has 0 saturated heterocycles. The Balaban J connectivity index is 3.56. The molecule has 11 heavy (non-hydrogen) atoms. The Morgan fingerprint density at radius 1 is 1.55 bits per heavy atom. The first kappa shape index (κ1) is 10.4. The van der Waals surface area contributed by atoms with Crippen molar-refractivity contribution in [2.75, 3.05) is 0 Å². The van der Waals surface area contributed by atoms with Gasteiger partial charge in [0.25, 0.3) is 0 Å². The first-order valence-electron chi connectivity index (χ1n) is 3.98. The molecule has 66 valence electrons. The molecule has 0 aliphatic heterocycles. The van der Waals surface area contributed by atoms with E-state index in [-0.39, 0.29) is 0 Å². The van der Waals surface area contributed by atoms with Gasteiger partial charge in [-0.25, -0.2) is 4.79 Å². The summed E-state index contributed by atoms with van der Waals surface area (Å²) in [5.74, 6) is -0.820. The first-order chi connectivity index (χ1) is 5.07. The van der Waals surface area contributed by atoms with Crippen molar-refractivity contribution < 1.29 is 15.0 Å². The van der Waals surface area contributed by atoms with Gasteiger partial charge in [-0.05, 0) is 12.3 Å². The number of carbonyl (C=O) groups is 1. The van der Waals surface area contributed by atoms with Gasteiger partial charge in [0.15, 0.2) is 6.10 Å². The Morgan fingerprint density at radius 2 is 2.09 bits per heavy atom. The lowest BCUT2D eigenvalue weighted by atomic mass is 9.99. The minimum Gasteiger partial charge on any atom is -0.479 e. The van der Waals surface area contributed by atoms with Crippen molar-refractivity contribution in [1.82, 2.24) is 0 Å². The fourth-order valence-electron chi connectivity index (χ4n) is 1.09. The van der Waals surface area contributed by atoms with Gasteiger partial charge in [0.1, 0.15) is 0 Å². The fourth-order valence-corrected chi connectivity index (χ4v) is 1.09. The van der Waals surface area contributed by atoms with E-state index in [2.05, 4.69) is 0 Å². The normalized spacial score (nSPS) is 15.9. The molecule has 0 aliphatic rings. The fraction of sp³-hybridized carbons (Fsp3) is 0.875. The number of carboxylic acid groups (broad SMARTS) is 1. The van der Waals surface area contributed by atoms with Crippen LogP contribution in [-0.4, -0.2) is 22.3 Å². The summed E-state index contributed by atoms with van der Waals surface area (Å²) in [6, 6.07) is 0. The summed E-state index contributed by atoms with van der Waals surface area (Å²) in [7, 11) is 0. The molecule has 2 atom stereocenters. The van der Waals surface area contributed by atoms with Gasteiger partial charge in [-0.1, -0.05) is 26.7 Å². The summed E-state index contributed by atoms with van der Waals surface area (Å²) < 4.78 is 0. The lowest BCUT2D eigenvalue weighted by Gasteiger charge is -2.11. The summed E-state index contributed by atoms with van der Waals surface area (Å²) in [5, 5.41) is 17.3. The average Bonchev–Trinajstić information content (AvgIpc) is 1.87. The van der Waals surface area contributed by atoms with Crippen molar-refractivity contribution in [2.45, 2.75) is 39.2 Å². The van der Waals surface area contributed by atoms with E-state index in [1.165, 1.54) is 0 Å². The number of carboxylic acids is 1. The van der Waals surface area contributed by atoms with Crippen molar-refractivity contribution >= 4 is 5.97 Å². The van der Waals surface area contributed by atoms with E-state index in [1.54, 1.807) is 0 Å². The summed E-state index contributed by atoms with van der Waals surface area (Å²) in [4.78, 5) is 10.2. The Bertz CT molecular complexity index is 123. The molecule has 0 unspecified atom stereocenters. The summed E-state index contributed by atoms with van der Waals surface area (Å²) in [6.07, 6.45) is 1.19. The Hall–Kier alpha value is -0.570. The highest BCUT2D eigenvalue weighted by atomic mass is 16.4. The number of rotatable bonds is 5. The summed E-state index contributed by atoms with van der Waals surface area (Å²) in [6.45, 7) is 4.00. The van der Waals surface area contributed by atoms with E-state index >= 15 is 0 Å². The Kier molecular flexibility index (Phi) is 4.86. The lowest BCUT2D eigenvalue weighted by molar-refractivity contribution is -0.147. The molecule has 0 radical (unpaired) electrons. The molecule has 0 rings (SSSR count). The molecular formula is C8H16O3. The molecule has 3 heteroatoms. The van der Waals surface area contributed by atoms with Crippen LogP contribution in [0.1, 0.15) is 33.1 Å². The van der Waals surface area contributed by atoms with E-state index in [9.17, 15) is 4.79 Å². The molecule has 0 aliphatic carbocycles. The SMILES string of the molecule is CCC[C@@H](C)C[C@H](O)C(=O)O. The van der Waals surface area contributed by atoms with Gasteiger partial charge in [-0.3, -0.25) is 0 Å². The second-order valence-corrected chi connectivity index (χ2v) is 2.98. The minimum absolute atomic E-state index is 0.297. The third-order valence-electron chi connectivity index (χ3n) is 1.69. The number of aliphatic hydroxyl groups excluding tert-OH is 1. The zero-order valence-electron chi connectivity index (χ0n) is 7.08. The first-order valence-corrected chi connectivity index (χ1v) is 3.98. The predicted octanol–water partition coefficient (Wildman–Crippen LogP) is 1.26. The maximum Gasteiger partial charge on any atom is 0.332 e. The van der Waals surface area contributed by atoms with E-state index in [4.69, 9.17) is 10.2 Å². The molecule has 0 heterocycles. The van der Waals surface area contributed by atoms with Crippen LogP contribution in [0.25, 0.3) is 0 Å². The molecule has 0 saturated carbocycles. The standard InChI is InChI=1S/C8H16O3/c1-3-4-6(2)5-7(9)8(10)11/h6-7,9H,3-5H2,1-2H3,(H,10,11)/t6-,7+/m1/s1. The number of hydrogen-bond acceptors (Lipinski definition) is 2. The third-order valence-corrected chi connectivity index (χ3v) is 1.69. The van der Waals surface area contributed by atoms with Crippen LogP contribution in [0.3, 0.4) is 0 Å². The van der Waals surface area contributed by atoms with Crippen molar-refractivity contribution in [1.29, 1.82) is 0 Å². The second kappa shape index (κ2) is 5.13. The van der Waals surface area contributed by atoms with E-state index in [1.807, 2.05) is 13.8 Å². The lowest BCUT2D eigenvalue weighted by Crippen LogP contribution is -2.21. The number of hydrogen-bond donors (Lipinski definition) is 2. The third kappa shape index (κ3) is 4.79. The van der Waals surface area contributed by atoms with Gasteiger partial charge in [-0.2, -0.15) is 0 Å². The van der Waals surface area contributed by atoms with Crippen LogP contribution in [0.4, 0.5) is 0 Å². The molecule has 0 fully saturated rings. The molecule has 0 aromatic carbocycles. The van der Waals surface area contributed by atoms with Gasteiger partial charge in [0, 0.05) is 0 Å².